The molecule has 0 bridgehead atoms. The van der Waals surface area contributed by atoms with E-state index in [1.807, 2.05) is 7.05 Å². The highest BCUT2D eigenvalue weighted by molar-refractivity contribution is 5.18. The number of nitrogens with zero attached hydrogens (tertiary/aromatic N) is 2. The van der Waals surface area contributed by atoms with E-state index in [1.165, 1.54) is 25.7 Å². The molecule has 0 amide bonds. The molecule has 1 aliphatic carbocycles. The molecule has 1 fully saturated rings. The summed E-state index contributed by atoms with van der Waals surface area (Å²) in [4.78, 5) is 2.43. The number of likely N-dealkylation sites (N-methyl/N-ethyl adjacent to an activating group) is 3. The summed E-state index contributed by atoms with van der Waals surface area (Å²) in [7, 11) is 6.45. The van der Waals surface area contributed by atoms with Gasteiger partial charge in [-0.25, -0.2) is 5.01 Å². The quantitative estimate of drug-likeness (QED) is 0.755. The van der Waals surface area contributed by atoms with E-state index in [1.54, 1.807) is 5.57 Å². The van der Waals surface area contributed by atoms with Crippen molar-refractivity contribution in [3.63, 3.8) is 0 Å². The van der Waals surface area contributed by atoms with Crippen molar-refractivity contribution in [1.82, 2.24) is 20.7 Å². The van der Waals surface area contributed by atoms with Crippen molar-refractivity contribution in [1.29, 1.82) is 0 Å². The van der Waals surface area contributed by atoms with Gasteiger partial charge in [0.25, 0.3) is 0 Å². The van der Waals surface area contributed by atoms with Crippen molar-refractivity contribution in [2.75, 3.05) is 40.8 Å². The zero-order chi connectivity index (χ0) is 16.1. The van der Waals surface area contributed by atoms with Crippen LogP contribution in [0.25, 0.3) is 0 Å². The normalized spacial score (nSPS) is 30.0. The fraction of sp³-hybridized carbons (Fsp3) is 0.889. The number of hydrazine groups is 1. The van der Waals surface area contributed by atoms with Gasteiger partial charge in [0, 0.05) is 32.9 Å². The zero-order valence-electron chi connectivity index (χ0n) is 15.2. The van der Waals surface area contributed by atoms with Gasteiger partial charge >= 0.3 is 0 Å². The number of hydrogen-bond donors (Lipinski definition) is 2. The topological polar surface area (TPSA) is 30.5 Å². The molecule has 0 aromatic rings. The van der Waals surface area contributed by atoms with Gasteiger partial charge in [0.1, 0.15) is 0 Å². The molecule has 1 heterocycles. The van der Waals surface area contributed by atoms with E-state index in [2.05, 4.69) is 54.8 Å². The molecule has 0 aromatic heterocycles. The largest absolute Gasteiger partial charge is 0.326 e. The molecule has 0 saturated heterocycles. The first-order valence-electron chi connectivity index (χ1n) is 9.04. The van der Waals surface area contributed by atoms with Gasteiger partial charge in [-0.2, -0.15) is 0 Å². The molecule has 2 aliphatic rings. The Morgan fingerprint density at radius 3 is 2.59 bits per heavy atom. The molecule has 4 heteroatoms. The van der Waals surface area contributed by atoms with Crippen molar-refractivity contribution < 1.29 is 0 Å². The Labute approximate surface area is 137 Å². The summed E-state index contributed by atoms with van der Waals surface area (Å²) in [6, 6.07) is 0.588. The smallest absolute Gasteiger partial charge is 0.0555 e. The third kappa shape index (κ3) is 4.46. The van der Waals surface area contributed by atoms with E-state index in [0.717, 1.165) is 37.4 Å². The molecule has 128 valence electrons. The molecule has 0 spiro atoms. The van der Waals surface area contributed by atoms with Crippen LogP contribution in [0.3, 0.4) is 0 Å². The Morgan fingerprint density at radius 1 is 1.32 bits per heavy atom. The van der Waals surface area contributed by atoms with Gasteiger partial charge < -0.3 is 15.6 Å². The van der Waals surface area contributed by atoms with Crippen LogP contribution in [0, 0.1) is 17.8 Å². The van der Waals surface area contributed by atoms with Crippen LogP contribution in [0.4, 0.5) is 0 Å². The van der Waals surface area contributed by atoms with Crippen molar-refractivity contribution >= 4 is 0 Å². The average Bonchev–Trinajstić information content (AvgIpc) is 2.86. The molecular weight excluding hydrogens is 272 g/mol. The minimum atomic E-state index is 0.588. The molecule has 0 radical (unpaired) electrons. The number of rotatable bonds is 7. The van der Waals surface area contributed by atoms with E-state index in [0.29, 0.717) is 6.04 Å². The second-order valence-corrected chi connectivity index (χ2v) is 7.66. The van der Waals surface area contributed by atoms with E-state index >= 15 is 0 Å². The Balaban J connectivity index is 1.89. The molecule has 1 atom stereocenters. The third-order valence-corrected chi connectivity index (χ3v) is 5.65. The maximum absolute atomic E-state index is 3.44. The maximum atomic E-state index is 3.44. The van der Waals surface area contributed by atoms with Crippen molar-refractivity contribution in [3.05, 3.63) is 11.8 Å². The second kappa shape index (κ2) is 8.32. The van der Waals surface area contributed by atoms with Crippen LogP contribution in [0.1, 0.15) is 39.5 Å². The fourth-order valence-electron chi connectivity index (χ4n) is 4.18. The molecule has 1 saturated carbocycles. The number of hydrogen-bond acceptors (Lipinski definition) is 4. The Bertz CT molecular complexity index is 358. The first kappa shape index (κ1) is 17.8. The lowest BCUT2D eigenvalue weighted by Crippen LogP contribution is -2.43. The Kier molecular flexibility index (Phi) is 6.72. The molecule has 2 N–H and O–H groups in total. The zero-order valence-corrected chi connectivity index (χ0v) is 15.2. The van der Waals surface area contributed by atoms with Crippen molar-refractivity contribution in [3.8, 4) is 0 Å². The van der Waals surface area contributed by atoms with Gasteiger partial charge in [0.05, 0.1) is 6.04 Å². The molecule has 1 unspecified atom stereocenters. The molecule has 0 aromatic carbocycles. The van der Waals surface area contributed by atoms with Crippen LogP contribution in [0.2, 0.25) is 0 Å². The lowest BCUT2D eigenvalue weighted by atomic mass is 9.73. The highest BCUT2D eigenvalue weighted by atomic mass is 15.5. The average molecular weight is 309 g/mol. The highest BCUT2D eigenvalue weighted by Gasteiger charge is 2.35. The van der Waals surface area contributed by atoms with Gasteiger partial charge in [-0.05, 0) is 63.1 Å². The Hall–Kier alpha value is -0.580. The first-order valence-corrected chi connectivity index (χ1v) is 9.04. The fourth-order valence-corrected chi connectivity index (χ4v) is 4.18. The van der Waals surface area contributed by atoms with E-state index in [-0.39, 0.29) is 0 Å². The minimum absolute atomic E-state index is 0.588. The van der Waals surface area contributed by atoms with Gasteiger partial charge in [-0.1, -0.05) is 13.8 Å². The molecule has 22 heavy (non-hydrogen) atoms. The summed E-state index contributed by atoms with van der Waals surface area (Å²) in [5, 5.41) is 5.57. The van der Waals surface area contributed by atoms with Crippen LogP contribution < -0.4 is 10.7 Å². The number of nitrogens with one attached hydrogen (secondary N) is 2. The second-order valence-electron chi connectivity index (χ2n) is 7.66. The molecule has 4 nitrogen and oxygen atoms in total. The van der Waals surface area contributed by atoms with Gasteiger partial charge in [0.2, 0.25) is 0 Å². The summed E-state index contributed by atoms with van der Waals surface area (Å²) in [5.41, 5.74) is 5.01. The van der Waals surface area contributed by atoms with E-state index < -0.39 is 0 Å². The van der Waals surface area contributed by atoms with Crippen molar-refractivity contribution in [2.24, 2.45) is 17.8 Å². The standard InChI is InChI=1S/C18H36N4/c1-14(2)15-6-8-16(9-7-15)18-17(12-20-22(18)5)13-21(4)11-10-19-3/h12,14-16,18-20H,6-11,13H2,1-5H3/t15-,16+,18?. The molecule has 1 aliphatic heterocycles. The summed E-state index contributed by atoms with van der Waals surface area (Å²) < 4.78 is 0. The van der Waals surface area contributed by atoms with Gasteiger partial charge in [0.15, 0.2) is 0 Å². The van der Waals surface area contributed by atoms with Crippen LogP contribution in [0.5, 0.6) is 0 Å². The predicted molar refractivity (Wildman–Crippen MR) is 94.5 cm³/mol. The van der Waals surface area contributed by atoms with Crippen LogP contribution in [0.15, 0.2) is 11.8 Å². The van der Waals surface area contributed by atoms with E-state index in [4.69, 9.17) is 0 Å². The maximum Gasteiger partial charge on any atom is 0.0555 e. The summed E-state index contributed by atoms with van der Waals surface area (Å²) in [6.07, 6.45) is 7.84. The lowest BCUT2D eigenvalue weighted by molar-refractivity contribution is 0.125. The monoisotopic (exact) mass is 308 g/mol. The van der Waals surface area contributed by atoms with E-state index in [9.17, 15) is 0 Å². The molecule has 2 rings (SSSR count). The summed E-state index contributed by atoms with van der Waals surface area (Å²) in [5.74, 6) is 2.61. The van der Waals surface area contributed by atoms with Crippen molar-refractivity contribution in [2.45, 2.75) is 45.6 Å². The van der Waals surface area contributed by atoms with Gasteiger partial charge in [-0.15, -0.1) is 0 Å². The summed E-state index contributed by atoms with van der Waals surface area (Å²) >= 11 is 0. The Morgan fingerprint density at radius 2 is 2.00 bits per heavy atom. The first-order chi connectivity index (χ1) is 10.5. The minimum Gasteiger partial charge on any atom is -0.326 e. The summed E-state index contributed by atoms with van der Waals surface area (Å²) in [6.45, 7) is 8.00. The highest BCUT2D eigenvalue weighted by Crippen LogP contribution is 2.38. The van der Waals surface area contributed by atoms with Crippen LogP contribution in [-0.2, 0) is 0 Å². The predicted octanol–water partition coefficient (Wildman–Crippen LogP) is 2.30. The SMILES string of the molecule is CNCCN(C)CC1=CNN(C)C1[C@H]1CC[C@@H](C(C)C)CC1. The van der Waals surface area contributed by atoms with Crippen LogP contribution in [-0.4, -0.2) is 56.7 Å². The molecular formula is C18H36N4. The van der Waals surface area contributed by atoms with Crippen LogP contribution >= 0.6 is 0 Å². The van der Waals surface area contributed by atoms with Gasteiger partial charge in [-0.3, -0.25) is 0 Å². The third-order valence-electron chi connectivity index (χ3n) is 5.65. The lowest BCUT2D eigenvalue weighted by Gasteiger charge is -2.38.